The van der Waals surface area contributed by atoms with Crippen LogP contribution in [0.3, 0.4) is 0 Å². The number of benzene rings is 1. The average Bonchev–Trinajstić information content (AvgIpc) is 2.59. The molecule has 0 aliphatic heterocycles. The monoisotopic (exact) mass is 210 g/mol. The van der Waals surface area contributed by atoms with Crippen LogP contribution in [0, 0.1) is 11.6 Å². The van der Waals surface area contributed by atoms with Crippen LogP contribution in [0.4, 0.5) is 8.78 Å². The summed E-state index contributed by atoms with van der Waals surface area (Å²) in [5.41, 5.74) is -0.0475. The topological polar surface area (TPSA) is 30.2 Å². The second kappa shape index (κ2) is 3.46. The fraction of sp³-hybridized carbons (Fsp3) is 0.182. The molecule has 1 heterocycles. The summed E-state index contributed by atoms with van der Waals surface area (Å²) in [6, 6.07) is 2.50. The lowest BCUT2D eigenvalue weighted by Crippen LogP contribution is -2.03. The highest BCUT2D eigenvalue weighted by Crippen LogP contribution is 2.25. The van der Waals surface area contributed by atoms with Crippen LogP contribution in [0.5, 0.6) is 0 Å². The molecule has 2 nitrogen and oxygen atoms in total. The van der Waals surface area contributed by atoms with E-state index in [0.717, 1.165) is 6.07 Å². The Labute approximate surface area is 84.5 Å². The van der Waals surface area contributed by atoms with E-state index in [1.165, 1.54) is 19.3 Å². The van der Waals surface area contributed by atoms with Crippen LogP contribution in [0.2, 0.25) is 0 Å². The molecule has 0 saturated heterocycles. The Morgan fingerprint density at radius 1 is 1.47 bits per heavy atom. The minimum atomic E-state index is -0.745. The van der Waals surface area contributed by atoms with Crippen LogP contribution >= 0.6 is 0 Å². The Morgan fingerprint density at radius 2 is 2.20 bits per heavy atom. The van der Waals surface area contributed by atoms with Crippen LogP contribution in [0.1, 0.15) is 12.5 Å². The summed E-state index contributed by atoms with van der Waals surface area (Å²) in [6.45, 7) is 1.29. The molecule has 2 rings (SSSR count). The smallest absolute Gasteiger partial charge is 0.140 e. The zero-order chi connectivity index (χ0) is 11.0. The molecule has 0 spiro atoms. The van der Waals surface area contributed by atoms with E-state index in [1.807, 2.05) is 0 Å². The second-order valence-electron chi connectivity index (χ2n) is 3.36. The molecule has 0 amide bonds. The number of carbonyl (C=O) groups is 1. The molecule has 0 fully saturated rings. The van der Waals surface area contributed by atoms with Gasteiger partial charge in [0.1, 0.15) is 23.0 Å². The highest BCUT2D eigenvalue weighted by molar-refractivity contribution is 5.83. The predicted octanol–water partition coefficient (Wildman–Crippen LogP) is 2.84. The minimum absolute atomic E-state index is 0.150. The maximum absolute atomic E-state index is 13.7. The van der Waals surface area contributed by atoms with Crippen molar-refractivity contribution in [2.24, 2.45) is 0 Å². The second-order valence-corrected chi connectivity index (χ2v) is 3.36. The van der Waals surface area contributed by atoms with Gasteiger partial charge in [0.05, 0.1) is 11.6 Å². The van der Waals surface area contributed by atoms with Crippen LogP contribution in [-0.4, -0.2) is 5.78 Å². The van der Waals surface area contributed by atoms with E-state index < -0.39 is 11.6 Å². The van der Waals surface area contributed by atoms with Gasteiger partial charge in [-0.25, -0.2) is 8.78 Å². The Balaban J connectivity index is 2.66. The first-order valence-corrected chi connectivity index (χ1v) is 4.43. The van der Waals surface area contributed by atoms with Crippen LogP contribution in [-0.2, 0) is 11.2 Å². The van der Waals surface area contributed by atoms with Gasteiger partial charge in [0.2, 0.25) is 0 Å². The first-order chi connectivity index (χ1) is 7.09. The van der Waals surface area contributed by atoms with Gasteiger partial charge in [-0.1, -0.05) is 0 Å². The van der Waals surface area contributed by atoms with Crippen molar-refractivity contribution in [1.82, 2.24) is 0 Å². The molecule has 2 aromatic rings. The van der Waals surface area contributed by atoms with E-state index in [1.54, 1.807) is 0 Å². The van der Waals surface area contributed by atoms with Gasteiger partial charge < -0.3 is 4.42 Å². The molecule has 0 saturated carbocycles. The zero-order valence-corrected chi connectivity index (χ0v) is 8.01. The van der Waals surface area contributed by atoms with Gasteiger partial charge in [-0.05, 0) is 13.0 Å². The number of Topliss-reactive ketones (excluding diaryl/α,β-unsaturated/α-hetero) is 1. The molecule has 0 aliphatic carbocycles. The third-order valence-electron chi connectivity index (χ3n) is 2.17. The Hall–Kier alpha value is -1.71. The van der Waals surface area contributed by atoms with Crippen molar-refractivity contribution in [3.8, 4) is 0 Å². The quantitative estimate of drug-likeness (QED) is 0.762. The van der Waals surface area contributed by atoms with E-state index in [0.29, 0.717) is 0 Å². The number of hydrogen-bond acceptors (Lipinski definition) is 2. The average molecular weight is 210 g/mol. The molecule has 0 radical (unpaired) electrons. The van der Waals surface area contributed by atoms with Gasteiger partial charge in [0.15, 0.2) is 0 Å². The molecule has 0 aliphatic rings. The summed E-state index contributed by atoms with van der Waals surface area (Å²) in [5, 5.41) is 0.202. The largest absolute Gasteiger partial charge is 0.464 e. The molecular weight excluding hydrogens is 202 g/mol. The van der Waals surface area contributed by atoms with Crippen LogP contribution in [0.25, 0.3) is 11.0 Å². The maximum Gasteiger partial charge on any atom is 0.140 e. The summed E-state index contributed by atoms with van der Waals surface area (Å²) >= 11 is 0. The first kappa shape index (κ1) is 9.83. The lowest BCUT2D eigenvalue weighted by Gasteiger charge is -2.03. The van der Waals surface area contributed by atoms with E-state index in [-0.39, 0.29) is 28.7 Å². The Kier molecular flexibility index (Phi) is 2.26. The number of halogens is 2. The third-order valence-corrected chi connectivity index (χ3v) is 2.17. The fourth-order valence-corrected chi connectivity index (χ4v) is 1.49. The fourth-order valence-electron chi connectivity index (χ4n) is 1.49. The summed E-state index contributed by atoms with van der Waals surface area (Å²) < 4.78 is 31.9. The SMILES string of the molecule is CC(=O)Cc1c(F)cc2occc2c1F. The molecule has 0 bridgehead atoms. The van der Waals surface area contributed by atoms with Gasteiger partial charge in [-0.3, -0.25) is 4.79 Å². The van der Waals surface area contributed by atoms with Crippen molar-refractivity contribution in [1.29, 1.82) is 0 Å². The zero-order valence-electron chi connectivity index (χ0n) is 8.01. The summed E-state index contributed by atoms with van der Waals surface area (Å²) in [6.07, 6.45) is 1.05. The number of rotatable bonds is 2. The lowest BCUT2D eigenvalue weighted by molar-refractivity contribution is -0.116. The molecule has 15 heavy (non-hydrogen) atoms. The Morgan fingerprint density at radius 3 is 2.87 bits per heavy atom. The van der Waals surface area contributed by atoms with Crippen molar-refractivity contribution >= 4 is 16.8 Å². The van der Waals surface area contributed by atoms with Gasteiger partial charge >= 0.3 is 0 Å². The summed E-state index contributed by atoms with van der Waals surface area (Å²) in [7, 11) is 0. The molecule has 0 N–H and O–H groups in total. The summed E-state index contributed by atoms with van der Waals surface area (Å²) in [5.74, 6) is -1.74. The Bertz CT molecular complexity index is 529. The first-order valence-electron chi connectivity index (χ1n) is 4.43. The molecular formula is C11H8F2O2. The summed E-state index contributed by atoms with van der Waals surface area (Å²) in [4.78, 5) is 10.8. The van der Waals surface area contributed by atoms with E-state index in [9.17, 15) is 13.6 Å². The molecule has 0 atom stereocenters. The van der Waals surface area contributed by atoms with E-state index in [2.05, 4.69) is 0 Å². The molecule has 4 heteroatoms. The van der Waals surface area contributed by atoms with E-state index >= 15 is 0 Å². The van der Waals surface area contributed by atoms with Crippen molar-refractivity contribution in [2.75, 3.05) is 0 Å². The van der Waals surface area contributed by atoms with E-state index in [4.69, 9.17) is 4.42 Å². The van der Waals surface area contributed by atoms with Crippen molar-refractivity contribution in [3.63, 3.8) is 0 Å². The lowest BCUT2D eigenvalue weighted by atomic mass is 10.1. The molecule has 0 unspecified atom stereocenters. The minimum Gasteiger partial charge on any atom is -0.464 e. The molecule has 1 aromatic heterocycles. The normalized spacial score (nSPS) is 10.9. The maximum atomic E-state index is 13.7. The van der Waals surface area contributed by atoms with Crippen molar-refractivity contribution < 1.29 is 18.0 Å². The number of furan rings is 1. The van der Waals surface area contributed by atoms with Crippen molar-refractivity contribution in [3.05, 3.63) is 35.6 Å². The molecule has 78 valence electrons. The van der Waals surface area contributed by atoms with Gasteiger partial charge in [0.25, 0.3) is 0 Å². The van der Waals surface area contributed by atoms with Crippen molar-refractivity contribution in [2.45, 2.75) is 13.3 Å². The van der Waals surface area contributed by atoms with Gasteiger partial charge in [0, 0.05) is 18.1 Å². The number of ketones is 1. The predicted molar refractivity (Wildman–Crippen MR) is 50.5 cm³/mol. The highest BCUT2D eigenvalue weighted by Gasteiger charge is 2.16. The van der Waals surface area contributed by atoms with Crippen LogP contribution in [0.15, 0.2) is 22.8 Å². The highest BCUT2D eigenvalue weighted by atomic mass is 19.1. The molecule has 1 aromatic carbocycles. The number of carbonyl (C=O) groups excluding carboxylic acids is 1. The van der Waals surface area contributed by atoms with Gasteiger partial charge in [-0.15, -0.1) is 0 Å². The number of hydrogen-bond donors (Lipinski definition) is 0. The van der Waals surface area contributed by atoms with Crippen LogP contribution < -0.4 is 0 Å². The third kappa shape index (κ3) is 1.63. The number of fused-ring (bicyclic) bond motifs is 1. The standard InChI is InChI=1S/C11H8F2O2/c1-6(14)4-8-9(12)5-10-7(11(8)13)2-3-15-10/h2-3,5H,4H2,1H3. The van der Waals surface area contributed by atoms with Gasteiger partial charge in [-0.2, -0.15) is 0 Å².